The predicted octanol–water partition coefficient (Wildman–Crippen LogP) is 2.94. The molecule has 0 bridgehead atoms. The zero-order chi connectivity index (χ0) is 15.8. The van der Waals surface area contributed by atoms with Gasteiger partial charge < -0.3 is 10.3 Å². The van der Waals surface area contributed by atoms with Gasteiger partial charge in [-0.25, -0.2) is 0 Å². The fourth-order valence-corrected chi connectivity index (χ4v) is 2.79. The van der Waals surface area contributed by atoms with Crippen LogP contribution < -0.4 is 5.73 Å². The van der Waals surface area contributed by atoms with Crippen molar-refractivity contribution in [2.24, 2.45) is 0 Å². The van der Waals surface area contributed by atoms with Gasteiger partial charge in [-0.2, -0.15) is 9.67 Å². The van der Waals surface area contributed by atoms with Gasteiger partial charge in [0.15, 0.2) is 11.5 Å². The van der Waals surface area contributed by atoms with Crippen molar-refractivity contribution in [3.8, 4) is 28.0 Å². The molecule has 0 saturated carbocycles. The Hall–Kier alpha value is -3.00. The van der Waals surface area contributed by atoms with E-state index in [-0.39, 0.29) is 5.89 Å². The number of hydrogen-bond donors (Lipinski definition) is 1. The third-order valence-corrected chi connectivity index (χ3v) is 4.22. The summed E-state index contributed by atoms with van der Waals surface area (Å²) >= 11 is 1.53. The van der Waals surface area contributed by atoms with Gasteiger partial charge in [0.1, 0.15) is 0 Å². The van der Waals surface area contributed by atoms with Gasteiger partial charge in [0, 0.05) is 0 Å². The van der Waals surface area contributed by atoms with Gasteiger partial charge in [0.05, 0.1) is 10.6 Å². The fraction of sp³-hybridized carbons (Fsp3) is 0.0667. The quantitative estimate of drug-likeness (QED) is 0.622. The first-order valence-corrected chi connectivity index (χ1v) is 7.76. The Morgan fingerprint density at radius 1 is 1.17 bits per heavy atom. The Kier molecular flexibility index (Phi) is 3.16. The largest absolute Gasteiger partial charge is 0.382 e. The first-order valence-electron chi connectivity index (χ1n) is 6.88. The Morgan fingerprint density at radius 2 is 2.00 bits per heavy atom. The van der Waals surface area contributed by atoms with Gasteiger partial charge in [-0.1, -0.05) is 34.1 Å². The molecule has 0 spiro atoms. The number of nitrogen functional groups attached to an aromatic ring is 1. The van der Waals surface area contributed by atoms with Gasteiger partial charge >= 0.3 is 0 Å². The summed E-state index contributed by atoms with van der Waals surface area (Å²) in [6.07, 6.45) is 0. The van der Waals surface area contributed by atoms with Crippen molar-refractivity contribution in [2.75, 3.05) is 5.73 Å². The van der Waals surface area contributed by atoms with Crippen molar-refractivity contribution in [1.29, 1.82) is 0 Å². The molecular weight excluding hydrogens is 312 g/mol. The monoisotopic (exact) mass is 324 g/mol. The molecule has 0 aliphatic rings. The minimum atomic E-state index is 0.254. The molecule has 0 aliphatic heterocycles. The highest BCUT2D eigenvalue weighted by Crippen LogP contribution is 2.27. The Labute approximate surface area is 135 Å². The predicted molar refractivity (Wildman–Crippen MR) is 87.1 cm³/mol. The third kappa shape index (κ3) is 2.38. The van der Waals surface area contributed by atoms with Crippen LogP contribution in [0.15, 0.2) is 46.3 Å². The summed E-state index contributed by atoms with van der Waals surface area (Å²) in [6.45, 7) is 2.02. The van der Waals surface area contributed by atoms with E-state index < -0.39 is 0 Å². The molecule has 0 fully saturated rings. The number of aryl methyl sites for hydroxylation is 1. The van der Waals surface area contributed by atoms with Crippen LogP contribution in [0.3, 0.4) is 0 Å². The number of rotatable bonds is 3. The number of benzene rings is 1. The van der Waals surface area contributed by atoms with Crippen molar-refractivity contribution in [1.82, 2.24) is 25.1 Å². The van der Waals surface area contributed by atoms with E-state index in [0.29, 0.717) is 17.3 Å². The number of thiophene rings is 1. The second-order valence-corrected chi connectivity index (χ2v) is 5.92. The normalized spacial score (nSPS) is 11.0. The van der Waals surface area contributed by atoms with Crippen molar-refractivity contribution >= 4 is 17.2 Å². The van der Waals surface area contributed by atoms with E-state index in [1.807, 2.05) is 48.7 Å². The second-order valence-electron chi connectivity index (χ2n) is 4.97. The molecule has 0 saturated heterocycles. The van der Waals surface area contributed by atoms with E-state index in [9.17, 15) is 0 Å². The Balaban J connectivity index is 1.72. The maximum atomic E-state index is 6.15. The Bertz CT molecular complexity index is 939. The van der Waals surface area contributed by atoms with Crippen LogP contribution in [0.4, 0.5) is 5.82 Å². The molecule has 3 heterocycles. The fourth-order valence-electron chi connectivity index (χ4n) is 2.14. The van der Waals surface area contributed by atoms with Gasteiger partial charge in [-0.3, -0.25) is 0 Å². The average molecular weight is 324 g/mol. The van der Waals surface area contributed by atoms with Crippen LogP contribution in [0.5, 0.6) is 0 Å². The third-order valence-electron chi connectivity index (χ3n) is 3.35. The molecule has 7 nitrogen and oxygen atoms in total. The van der Waals surface area contributed by atoms with Crippen LogP contribution in [0.25, 0.3) is 28.0 Å². The highest BCUT2D eigenvalue weighted by Gasteiger charge is 2.19. The summed E-state index contributed by atoms with van der Waals surface area (Å²) in [6, 6.07) is 11.7. The van der Waals surface area contributed by atoms with Crippen LogP contribution in [-0.4, -0.2) is 25.1 Å². The molecule has 3 aromatic heterocycles. The summed E-state index contributed by atoms with van der Waals surface area (Å²) in [5, 5.41) is 14.1. The van der Waals surface area contributed by atoms with Gasteiger partial charge in [0.2, 0.25) is 5.82 Å². The van der Waals surface area contributed by atoms with Gasteiger partial charge in [-0.15, -0.1) is 16.4 Å². The maximum absolute atomic E-state index is 6.15. The van der Waals surface area contributed by atoms with E-state index in [4.69, 9.17) is 10.3 Å². The first kappa shape index (κ1) is 13.6. The van der Waals surface area contributed by atoms with Crippen LogP contribution in [0.2, 0.25) is 0 Å². The number of nitrogens with two attached hydrogens (primary N) is 1. The van der Waals surface area contributed by atoms with Crippen LogP contribution in [-0.2, 0) is 0 Å². The minimum absolute atomic E-state index is 0.254. The average Bonchev–Trinajstić information content (AvgIpc) is 3.27. The van der Waals surface area contributed by atoms with Crippen molar-refractivity contribution in [3.05, 3.63) is 47.3 Å². The van der Waals surface area contributed by atoms with Crippen molar-refractivity contribution in [3.63, 3.8) is 0 Å². The maximum Gasteiger partial charge on any atom is 0.282 e. The molecule has 23 heavy (non-hydrogen) atoms. The minimum Gasteiger partial charge on any atom is -0.382 e. The van der Waals surface area contributed by atoms with Crippen molar-refractivity contribution in [2.45, 2.75) is 6.92 Å². The molecule has 4 aromatic rings. The summed E-state index contributed by atoms with van der Waals surface area (Å²) in [4.78, 5) is 5.26. The number of hydrogen-bond acceptors (Lipinski definition) is 7. The van der Waals surface area contributed by atoms with Gasteiger partial charge in [-0.05, 0) is 30.5 Å². The van der Waals surface area contributed by atoms with E-state index in [0.717, 1.165) is 16.1 Å². The number of nitrogens with zero attached hydrogens (tertiary/aromatic N) is 5. The summed E-state index contributed by atoms with van der Waals surface area (Å²) in [5.41, 5.74) is 8.50. The summed E-state index contributed by atoms with van der Waals surface area (Å²) in [5.74, 6) is 1.12. The summed E-state index contributed by atoms with van der Waals surface area (Å²) < 4.78 is 6.82. The zero-order valence-electron chi connectivity index (χ0n) is 12.2. The molecule has 4 rings (SSSR count). The van der Waals surface area contributed by atoms with Crippen LogP contribution in [0.1, 0.15) is 5.56 Å². The molecule has 2 N–H and O–H groups in total. The summed E-state index contributed by atoms with van der Waals surface area (Å²) in [7, 11) is 0. The van der Waals surface area contributed by atoms with Crippen LogP contribution in [0, 0.1) is 6.92 Å². The lowest BCUT2D eigenvalue weighted by Crippen LogP contribution is -2.02. The first-order chi connectivity index (χ1) is 11.2. The lowest BCUT2D eigenvalue weighted by atomic mass is 10.2. The highest BCUT2D eigenvalue weighted by atomic mass is 32.1. The SMILES string of the molecule is Cc1ccc(-n2nnc(-c3nc(-c4cccs4)no3)c2N)cc1. The van der Waals surface area contributed by atoms with E-state index in [2.05, 4.69) is 20.5 Å². The van der Waals surface area contributed by atoms with Gasteiger partial charge in [0.25, 0.3) is 5.89 Å². The molecule has 0 atom stereocenters. The second kappa shape index (κ2) is 5.33. The molecule has 0 radical (unpaired) electrons. The molecule has 0 amide bonds. The zero-order valence-corrected chi connectivity index (χ0v) is 13.0. The highest BCUT2D eigenvalue weighted by molar-refractivity contribution is 7.13. The lowest BCUT2D eigenvalue weighted by molar-refractivity contribution is 0.431. The Morgan fingerprint density at radius 3 is 2.74 bits per heavy atom. The molecule has 0 aliphatic carbocycles. The van der Waals surface area contributed by atoms with E-state index in [1.165, 1.54) is 11.3 Å². The molecule has 0 unspecified atom stereocenters. The van der Waals surface area contributed by atoms with Crippen molar-refractivity contribution < 1.29 is 4.52 Å². The smallest absolute Gasteiger partial charge is 0.282 e. The number of aromatic nitrogens is 5. The van der Waals surface area contributed by atoms with E-state index >= 15 is 0 Å². The number of anilines is 1. The van der Waals surface area contributed by atoms with Crippen LogP contribution >= 0.6 is 11.3 Å². The molecule has 8 heteroatoms. The van der Waals surface area contributed by atoms with E-state index in [1.54, 1.807) is 4.68 Å². The molecule has 1 aromatic carbocycles. The lowest BCUT2D eigenvalue weighted by Gasteiger charge is -2.02. The standard InChI is InChI=1S/C15H12N6OS/c1-9-4-6-10(7-5-9)21-13(16)12(18-20-21)15-17-14(19-22-15)11-3-2-8-23-11/h2-8H,16H2,1H3. The molecular formula is C15H12N6OS. The molecule has 114 valence electrons. The topological polar surface area (TPSA) is 95.6 Å².